The number of rotatable bonds is 6. The molecule has 1 atom stereocenters. The van der Waals surface area contributed by atoms with Crippen molar-refractivity contribution in [1.82, 2.24) is 19.7 Å². The molecule has 0 bridgehead atoms. The van der Waals surface area contributed by atoms with Crippen molar-refractivity contribution in [2.45, 2.75) is 26.3 Å². The van der Waals surface area contributed by atoms with Gasteiger partial charge in [0.25, 0.3) is 5.91 Å². The number of hydrogen-bond donors (Lipinski definition) is 1. The molecule has 2 aromatic heterocycles. The minimum atomic E-state index is 0.0623. The third-order valence-electron chi connectivity index (χ3n) is 4.77. The Labute approximate surface area is 158 Å². The fourth-order valence-corrected chi connectivity index (χ4v) is 3.90. The molecule has 26 heavy (non-hydrogen) atoms. The standard InChI is InChI=1S/C19H26N4O2S/c1-3-15(2)20-17(24)14-21-9-11-23(12-10-21)19(25)18-16(6-13-26-18)22-7-4-5-8-22/h4-8,13,15H,3,9-12,14H2,1-2H3,(H,20,24)/t15-/m0/s1. The van der Waals surface area contributed by atoms with E-state index in [9.17, 15) is 9.59 Å². The Kier molecular flexibility index (Phi) is 6.11. The van der Waals surface area contributed by atoms with Crippen LogP contribution < -0.4 is 5.32 Å². The van der Waals surface area contributed by atoms with Crippen molar-refractivity contribution >= 4 is 23.2 Å². The highest BCUT2D eigenvalue weighted by Crippen LogP contribution is 2.23. The van der Waals surface area contributed by atoms with E-state index in [0.29, 0.717) is 19.6 Å². The van der Waals surface area contributed by atoms with Gasteiger partial charge in [-0.15, -0.1) is 11.3 Å². The van der Waals surface area contributed by atoms with E-state index in [-0.39, 0.29) is 17.9 Å². The van der Waals surface area contributed by atoms with Crippen LogP contribution in [0.25, 0.3) is 5.69 Å². The van der Waals surface area contributed by atoms with Gasteiger partial charge in [-0.3, -0.25) is 14.5 Å². The van der Waals surface area contributed by atoms with Crippen LogP contribution in [0.3, 0.4) is 0 Å². The summed E-state index contributed by atoms with van der Waals surface area (Å²) in [5, 5.41) is 4.95. The third-order valence-corrected chi connectivity index (χ3v) is 5.66. The van der Waals surface area contributed by atoms with E-state index in [4.69, 9.17) is 0 Å². The summed E-state index contributed by atoms with van der Waals surface area (Å²) in [5.41, 5.74) is 0.931. The average molecular weight is 375 g/mol. The smallest absolute Gasteiger partial charge is 0.266 e. The van der Waals surface area contributed by atoms with Gasteiger partial charge in [0.15, 0.2) is 0 Å². The van der Waals surface area contributed by atoms with E-state index in [1.54, 1.807) is 0 Å². The van der Waals surface area contributed by atoms with Gasteiger partial charge in [0, 0.05) is 44.6 Å². The molecule has 140 valence electrons. The molecule has 2 aromatic rings. The first-order valence-electron chi connectivity index (χ1n) is 9.10. The van der Waals surface area contributed by atoms with Crippen LogP contribution in [0.5, 0.6) is 0 Å². The van der Waals surface area contributed by atoms with Crippen LogP contribution in [0.1, 0.15) is 29.9 Å². The lowest BCUT2D eigenvalue weighted by Crippen LogP contribution is -2.51. The SMILES string of the molecule is CC[C@H](C)NC(=O)CN1CCN(C(=O)c2sccc2-n2cccc2)CC1. The molecule has 6 nitrogen and oxygen atoms in total. The molecule has 0 unspecified atom stereocenters. The summed E-state index contributed by atoms with van der Waals surface area (Å²) < 4.78 is 1.97. The minimum Gasteiger partial charge on any atom is -0.353 e. The highest BCUT2D eigenvalue weighted by atomic mass is 32.1. The number of piperazine rings is 1. The number of carbonyl (C=O) groups is 2. The van der Waals surface area contributed by atoms with Gasteiger partial charge in [0.1, 0.15) is 4.88 Å². The van der Waals surface area contributed by atoms with Crippen LogP contribution in [0.4, 0.5) is 0 Å². The van der Waals surface area contributed by atoms with Gasteiger partial charge in [-0.05, 0) is 36.9 Å². The topological polar surface area (TPSA) is 57.6 Å². The second-order valence-electron chi connectivity index (χ2n) is 6.67. The first kappa shape index (κ1) is 18.7. The number of amides is 2. The van der Waals surface area contributed by atoms with E-state index < -0.39 is 0 Å². The second kappa shape index (κ2) is 8.51. The van der Waals surface area contributed by atoms with Gasteiger partial charge in [-0.2, -0.15) is 0 Å². The molecule has 0 spiro atoms. The van der Waals surface area contributed by atoms with Crippen LogP contribution in [0, 0.1) is 0 Å². The molecule has 0 radical (unpaired) electrons. The summed E-state index contributed by atoms with van der Waals surface area (Å²) in [7, 11) is 0. The molecule has 3 rings (SSSR count). The number of nitrogens with zero attached hydrogens (tertiary/aromatic N) is 3. The van der Waals surface area contributed by atoms with Crippen molar-refractivity contribution in [3.63, 3.8) is 0 Å². The third kappa shape index (κ3) is 4.34. The maximum Gasteiger partial charge on any atom is 0.266 e. The fraction of sp³-hybridized carbons (Fsp3) is 0.474. The predicted molar refractivity (Wildman–Crippen MR) is 104 cm³/mol. The van der Waals surface area contributed by atoms with Gasteiger partial charge >= 0.3 is 0 Å². The van der Waals surface area contributed by atoms with Crippen LogP contribution in [0.2, 0.25) is 0 Å². The number of carbonyl (C=O) groups excluding carboxylic acids is 2. The van der Waals surface area contributed by atoms with E-state index in [1.807, 2.05) is 52.4 Å². The molecule has 1 saturated heterocycles. The normalized spacial score (nSPS) is 16.5. The van der Waals surface area contributed by atoms with Crippen LogP contribution >= 0.6 is 11.3 Å². The Morgan fingerprint density at radius 3 is 2.54 bits per heavy atom. The molecular formula is C19H26N4O2S. The number of aromatic nitrogens is 1. The van der Waals surface area contributed by atoms with Crippen molar-refractivity contribution in [3.8, 4) is 5.69 Å². The summed E-state index contributed by atoms with van der Waals surface area (Å²) in [6.07, 6.45) is 4.83. The molecular weight excluding hydrogens is 348 g/mol. The predicted octanol–water partition coefficient (Wildman–Crippen LogP) is 2.21. The van der Waals surface area contributed by atoms with E-state index >= 15 is 0 Å². The van der Waals surface area contributed by atoms with E-state index in [0.717, 1.165) is 30.1 Å². The molecule has 1 N–H and O–H groups in total. The highest BCUT2D eigenvalue weighted by Gasteiger charge is 2.26. The Balaban J connectivity index is 1.55. The summed E-state index contributed by atoms with van der Waals surface area (Å²) in [5.74, 6) is 0.139. The first-order chi connectivity index (χ1) is 12.6. The molecule has 0 saturated carbocycles. The number of thiophene rings is 1. The van der Waals surface area contributed by atoms with E-state index in [2.05, 4.69) is 17.1 Å². The molecule has 1 fully saturated rings. The molecule has 1 aliphatic rings. The summed E-state index contributed by atoms with van der Waals surface area (Å²) in [6, 6.07) is 6.09. The molecule has 0 aromatic carbocycles. The summed E-state index contributed by atoms with van der Waals surface area (Å²) >= 11 is 1.48. The van der Waals surface area contributed by atoms with Crippen molar-refractivity contribution in [3.05, 3.63) is 40.8 Å². The number of nitrogens with one attached hydrogen (secondary N) is 1. The monoisotopic (exact) mass is 374 g/mol. The van der Waals surface area contributed by atoms with Gasteiger partial charge in [0.05, 0.1) is 12.2 Å². The van der Waals surface area contributed by atoms with E-state index in [1.165, 1.54) is 11.3 Å². The Morgan fingerprint density at radius 2 is 1.88 bits per heavy atom. The zero-order chi connectivity index (χ0) is 18.5. The van der Waals surface area contributed by atoms with Crippen molar-refractivity contribution in [2.75, 3.05) is 32.7 Å². The molecule has 3 heterocycles. The zero-order valence-corrected chi connectivity index (χ0v) is 16.2. The lowest BCUT2D eigenvalue weighted by Gasteiger charge is -2.34. The lowest BCUT2D eigenvalue weighted by atomic mass is 10.2. The van der Waals surface area contributed by atoms with Gasteiger partial charge in [0.2, 0.25) is 5.91 Å². The molecule has 2 amide bonds. The van der Waals surface area contributed by atoms with Gasteiger partial charge in [-0.25, -0.2) is 0 Å². The Hall–Kier alpha value is -2.12. The average Bonchev–Trinajstić information content (AvgIpc) is 3.32. The van der Waals surface area contributed by atoms with Crippen molar-refractivity contribution in [1.29, 1.82) is 0 Å². The van der Waals surface area contributed by atoms with Crippen molar-refractivity contribution < 1.29 is 9.59 Å². The number of hydrogen-bond acceptors (Lipinski definition) is 4. The molecule has 7 heteroatoms. The molecule has 1 aliphatic heterocycles. The quantitative estimate of drug-likeness (QED) is 0.843. The lowest BCUT2D eigenvalue weighted by molar-refractivity contribution is -0.123. The van der Waals surface area contributed by atoms with Gasteiger partial charge < -0.3 is 14.8 Å². The summed E-state index contributed by atoms with van der Waals surface area (Å²) in [4.78, 5) is 29.7. The second-order valence-corrected chi connectivity index (χ2v) is 7.59. The van der Waals surface area contributed by atoms with Crippen LogP contribution in [-0.2, 0) is 4.79 Å². The summed E-state index contributed by atoms with van der Waals surface area (Å²) in [6.45, 7) is 7.23. The Bertz CT molecular complexity index is 733. The largest absolute Gasteiger partial charge is 0.353 e. The van der Waals surface area contributed by atoms with Gasteiger partial charge in [-0.1, -0.05) is 6.92 Å². The van der Waals surface area contributed by atoms with Crippen LogP contribution in [0.15, 0.2) is 36.0 Å². The zero-order valence-electron chi connectivity index (χ0n) is 15.4. The fourth-order valence-electron chi connectivity index (χ4n) is 3.04. The highest BCUT2D eigenvalue weighted by molar-refractivity contribution is 7.12. The first-order valence-corrected chi connectivity index (χ1v) is 9.98. The maximum atomic E-state index is 12.9. The maximum absolute atomic E-state index is 12.9. The van der Waals surface area contributed by atoms with Crippen molar-refractivity contribution in [2.24, 2.45) is 0 Å². The Morgan fingerprint density at radius 1 is 1.19 bits per heavy atom. The molecule has 0 aliphatic carbocycles. The van der Waals surface area contributed by atoms with Crippen LogP contribution in [-0.4, -0.2) is 64.9 Å². The minimum absolute atomic E-state index is 0.0623.